The van der Waals surface area contributed by atoms with Crippen molar-refractivity contribution >= 4 is 34.1 Å². The number of anilines is 1. The van der Waals surface area contributed by atoms with Crippen LogP contribution in [0.3, 0.4) is 0 Å². The van der Waals surface area contributed by atoms with Gasteiger partial charge in [0.2, 0.25) is 5.91 Å². The van der Waals surface area contributed by atoms with Crippen LogP contribution in [0.15, 0.2) is 12.2 Å². The van der Waals surface area contributed by atoms with E-state index < -0.39 is 17.8 Å². The highest BCUT2D eigenvalue weighted by molar-refractivity contribution is 7.17. The zero-order valence-corrected chi connectivity index (χ0v) is 15.7. The first-order valence-electron chi connectivity index (χ1n) is 9.70. The van der Waals surface area contributed by atoms with Crippen LogP contribution in [-0.4, -0.2) is 28.9 Å². The summed E-state index contributed by atoms with van der Waals surface area (Å²) in [6.45, 7) is 0. The minimum atomic E-state index is -0.910. The van der Waals surface area contributed by atoms with Crippen LogP contribution in [0.5, 0.6) is 0 Å². The van der Waals surface area contributed by atoms with E-state index in [1.807, 2.05) is 12.2 Å². The molecule has 2 amide bonds. The second kappa shape index (κ2) is 6.19. The Morgan fingerprint density at radius 3 is 2.52 bits per heavy atom. The number of carbonyl (C=O) groups is 3. The summed E-state index contributed by atoms with van der Waals surface area (Å²) in [5, 5.41) is 16.2. The van der Waals surface area contributed by atoms with Gasteiger partial charge in [-0.05, 0) is 55.9 Å². The van der Waals surface area contributed by atoms with E-state index in [0.717, 1.165) is 44.1 Å². The summed E-state index contributed by atoms with van der Waals surface area (Å²) in [5.41, 5.74) is 1.68. The van der Waals surface area contributed by atoms with Crippen LogP contribution in [0.2, 0.25) is 0 Å². The summed E-state index contributed by atoms with van der Waals surface area (Å²) >= 11 is 1.48. The van der Waals surface area contributed by atoms with Crippen LogP contribution < -0.4 is 10.6 Å². The van der Waals surface area contributed by atoms with Gasteiger partial charge >= 0.3 is 5.97 Å². The first-order valence-corrected chi connectivity index (χ1v) is 10.5. The van der Waals surface area contributed by atoms with E-state index in [1.165, 1.54) is 16.2 Å². The Morgan fingerprint density at radius 2 is 1.81 bits per heavy atom. The molecule has 1 heterocycles. The minimum absolute atomic E-state index is 0.0216. The van der Waals surface area contributed by atoms with Crippen LogP contribution in [0, 0.1) is 23.7 Å². The number of hydrogen-bond acceptors (Lipinski definition) is 4. The number of rotatable bonds is 5. The normalized spacial score (nSPS) is 30.4. The van der Waals surface area contributed by atoms with Gasteiger partial charge in [0, 0.05) is 10.9 Å². The highest BCUT2D eigenvalue weighted by atomic mass is 32.1. The van der Waals surface area contributed by atoms with Gasteiger partial charge in [-0.3, -0.25) is 14.4 Å². The maximum atomic E-state index is 13.0. The molecule has 0 radical (unpaired) electrons. The largest absolute Gasteiger partial charge is 0.481 e. The van der Waals surface area contributed by atoms with Crippen LogP contribution in [0.4, 0.5) is 5.00 Å². The molecule has 27 heavy (non-hydrogen) atoms. The van der Waals surface area contributed by atoms with E-state index >= 15 is 0 Å². The summed E-state index contributed by atoms with van der Waals surface area (Å²) in [5.74, 6) is -2.59. The molecule has 4 aliphatic rings. The van der Waals surface area contributed by atoms with Crippen molar-refractivity contribution in [1.29, 1.82) is 0 Å². The van der Waals surface area contributed by atoms with Gasteiger partial charge < -0.3 is 15.7 Å². The topological polar surface area (TPSA) is 95.5 Å². The number of aryl methyl sites for hydroxylation is 1. The van der Waals surface area contributed by atoms with Crippen molar-refractivity contribution in [2.45, 2.75) is 44.6 Å². The van der Waals surface area contributed by atoms with Gasteiger partial charge in [-0.25, -0.2) is 0 Å². The Balaban J connectivity index is 1.42. The number of carboxylic acid groups (broad SMARTS) is 1. The Hall–Kier alpha value is -2.15. The molecule has 4 aliphatic carbocycles. The van der Waals surface area contributed by atoms with E-state index in [-0.39, 0.29) is 29.7 Å². The Bertz CT molecular complexity index is 870. The Kier molecular flexibility index (Phi) is 3.89. The van der Waals surface area contributed by atoms with Gasteiger partial charge in [0.05, 0.1) is 17.4 Å². The van der Waals surface area contributed by atoms with Gasteiger partial charge in [-0.15, -0.1) is 11.3 Å². The summed E-state index contributed by atoms with van der Waals surface area (Å²) in [6.07, 6.45) is 9.50. The third-order valence-corrected chi connectivity index (χ3v) is 7.55. The molecule has 0 aromatic carbocycles. The average Bonchev–Trinajstić information content (AvgIpc) is 3.02. The molecule has 7 heteroatoms. The zero-order chi connectivity index (χ0) is 18.7. The second-order valence-electron chi connectivity index (χ2n) is 8.14. The van der Waals surface area contributed by atoms with E-state index in [0.29, 0.717) is 10.6 Å². The van der Waals surface area contributed by atoms with Gasteiger partial charge in [-0.1, -0.05) is 12.2 Å². The molecule has 4 atom stereocenters. The molecule has 142 valence electrons. The molecule has 0 spiro atoms. The number of aliphatic carboxylic acids is 1. The molecule has 0 unspecified atom stereocenters. The van der Waals surface area contributed by atoms with Crippen molar-refractivity contribution in [2.24, 2.45) is 23.7 Å². The third-order valence-electron chi connectivity index (χ3n) is 6.34. The summed E-state index contributed by atoms with van der Waals surface area (Å²) in [6, 6.07) is 0.255. The molecule has 2 bridgehead atoms. The molecule has 6 nitrogen and oxygen atoms in total. The monoisotopic (exact) mass is 386 g/mol. The number of thiophene rings is 1. The van der Waals surface area contributed by atoms with Crippen molar-refractivity contribution in [2.75, 3.05) is 5.32 Å². The lowest BCUT2D eigenvalue weighted by Crippen LogP contribution is -2.36. The number of amides is 2. The molecule has 2 fully saturated rings. The van der Waals surface area contributed by atoms with Crippen LogP contribution in [0.25, 0.3) is 0 Å². The molecule has 2 saturated carbocycles. The molecule has 0 saturated heterocycles. The van der Waals surface area contributed by atoms with Crippen LogP contribution in [0.1, 0.15) is 46.5 Å². The standard InChI is InChI=1S/C20H22N2O4S/c23-17(14-9-4-5-10(8-9)15(14)20(25)26)22-19-16(18(24)21-11-6-7-11)12-2-1-3-13(12)27-19/h4-5,9-11,14-15H,1-3,6-8H2,(H,21,24)(H,22,23)(H,25,26)/t9-,10-,14-,15-/m0/s1. The quantitative estimate of drug-likeness (QED) is 0.678. The SMILES string of the molecule is O=C(NC1CC1)c1c(NC(=O)[C@@H]2[C@@H](C(=O)O)[C@H]3C=C[C@H]2C3)sc2c1CCC2. The number of nitrogens with one attached hydrogen (secondary N) is 2. The van der Waals surface area contributed by atoms with Gasteiger partial charge in [0.15, 0.2) is 0 Å². The molecule has 5 rings (SSSR count). The second-order valence-corrected chi connectivity index (χ2v) is 9.24. The first-order chi connectivity index (χ1) is 13.0. The molecule has 0 aliphatic heterocycles. The van der Waals surface area contributed by atoms with E-state index in [4.69, 9.17) is 0 Å². The first kappa shape index (κ1) is 17.0. The number of fused-ring (bicyclic) bond motifs is 3. The third kappa shape index (κ3) is 2.79. The van der Waals surface area contributed by atoms with Gasteiger partial charge in [-0.2, -0.15) is 0 Å². The number of carbonyl (C=O) groups excluding carboxylic acids is 2. The van der Waals surface area contributed by atoms with Gasteiger partial charge in [0.25, 0.3) is 5.91 Å². The fraction of sp³-hybridized carbons (Fsp3) is 0.550. The zero-order valence-electron chi connectivity index (χ0n) is 14.9. The summed E-state index contributed by atoms with van der Waals surface area (Å²) < 4.78 is 0. The number of carboxylic acids is 1. The van der Waals surface area contributed by atoms with Crippen molar-refractivity contribution < 1.29 is 19.5 Å². The van der Waals surface area contributed by atoms with Crippen molar-refractivity contribution in [3.8, 4) is 0 Å². The predicted octanol–water partition coefficient (Wildman–Crippen LogP) is 2.59. The highest BCUT2D eigenvalue weighted by Crippen LogP contribution is 2.49. The van der Waals surface area contributed by atoms with E-state index in [9.17, 15) is 19.5 Å². The molecule has 3 N–H and O–H groups in total. The molecule has 1 aromatic rings. The van der Waals surface area contributed by atoms with Crippen molar-refractivity contribution in [1.82, 2.24) is 5.32 Å². The lowest BCUT2D eigenvalue weighted by Gasteiger charge is -2.23. The maximum absolute atomic E-state index is 13.0. The highest BCUT2D eigenvalue weighted by Gasteiger charge is 2.51. The Labute approximate surface area is 161 Å². The maximum Gasteiger partial charge on any atom is 0.307 e. The summed E-state index contributed by atoms with van der Waals surface area (Å²) in [7, 11) is 0. The van der Waals surface area contributed by atoms with Gasteiger partial charge in [0.1, 0.15) is 5.00 Å². The predicted molar refractivity (Wildman–Crippen MR) is 101 cm³/mol. The average molecular weight is 386 g/mol. The fourth-order valence-electron chi connectivity index (χ4n) is 4.93. The molecule has 1 aromatic heterocycles. The number of hydrogen-bond donors (Lipinski definition) is 3. The van der Waals surface area contributed by atoms with E-state index in [2.05, 4.69) is 10.6 Å². The lowest BCUT2D eigenvalue weighted by molar-refractivity contribution is -0.146. The summed E-state index contributed by atoms with van der Waals surface area (Å²) in [4.78, 5) is 38.7. The lowest BCUT2D eigenvalue weighted by atomic mass is 9.82. The molecular formula is C20H22N2O4S. The fourth-order valence-corrected chi connectivity index (χ4v) is 6.22. The smallest absolute Gasteiger partial charge is 0.307 e. The molecular weight excluding hydrogens is 364 g/mol. The van der Waals surface area contributed by atoms with Crippen molar-refractivity contribution in [3.63, 3.8) is 0 Å². The number of allylic oxidation sites excluding steroid dienone is 2. The van der Waals surface area contributed by atoms with Crippen LogP contribution >= 0.6 is 11.3 Å². The van der Waals surface area contributed by atoms with Crippen molar-refractivity contribution in [3.05, 3.63) is 28.2 Å². The minimum Gasteiger partial charge on any atom is -0.481 e. The Morgan fingerprint density at radius 1 is 1.07 bits per heavy atom. The van der Waals surface area contributed by atoms with E-state index in [1.54, 1.807) is 0 Å². The van der Waals surface area contributed by atoms with Crippen LogP contribution in [-0.2, 0) is 22.4 Å².